The number of rotatable bonds is 4. The molecule has 1 heterocycles. The highest BCUT2D eigenvalue weighted by atomic mass is 79.9. The number of halogens is 2. The lowest BCUT2D eigenvalue weighted by molar-refractivity contribution is -0.122. The summed E-state index contributed by atoms with van der Waals surface area (Å²) in [5.74, 6) is -0.0881. The average Bonchev–Trinajstić information content (AvgIpc) is 2.59. The van der Waals surface area contributed by atoms with Gasteiger partial charge in [0.2, 0.25) is 5.91 Å². The minimum atomic E-state index is -0.392. The van der Waals surface area contributed by atoms with Gasteiger partial charge in [0.25, 0.3) is 0 Å². The average molecular weight is 314 g/mol. The second-order valence-electron chi connectivity index (χ2n) is 2.99. The molecule has 1 rings (SSSR count). The third-order valence-corrected chi connectivity index (χ3v) is 3.42. The van der Waals surface area contributed by atoms with E-state index in [1.807, 2.05) is 18.4 Å². The van der Waals surface area contributed by atoms with Crippen molar-refractivity contribution in [1.29, 1.82) is 0 Å². The summed E-state index contributed by atoms with van der Waals surface area (Å²) in [6.07, 6.45) is 0.666. The number of thiophene rings is 1. The standard InChI is InChI=1S/C9H13BrN2OS.ClH/c1-2-7(11)9(13)12-4-6-3-8(10)14-5-6;/h3,5,7H,2,4,11H2,1H3,(H,12,13);1H/t7-;/m0./s1. The summed E-state index contributed by atoms with van der Waals surface area (Å²) in [7, 11) is 0. The molecule has 0 aliphatic heterocycles. The molecule has 6 heteroatoms. The summed E-state index contributed by atoms with van der Waals surface area (Å²) < 4.78 is 1.07. The van der Waals surface area contributed by atoms with Crippen LogP contribution >= 0.6 is 39.7 Å². The predicted octanol–water partition coefficient (Wildman–Crippen LogP) is 2.29. The maximum absolute atomic E-state index is 11.3. The first kappa shape index (κ1) is 14.9. The topological polar surface area (TPSA) is 55.1 Å². The number of carbonyl (C=O) groups excluding carboxylic acids is 1. The van der Waals surface area contributed by atoms with Crippen LogP contribution in [0, 0.1) is 0 Å². The van der Waals surface area contributed by atoms with Gasteiger partial charge in [0, 0.05) is 6.54 Å². The van der Waals surface area contributed by atoms with Crippen molar-refractivity contribution in [2.45, 2.75) is 25.9 Å². The van der Waals surface area contributed by atoms with Gasteiger partial charge in [-0.25, -0.2) is 0 Å². The monoisotopic (exact) mass is 312 g/mol. The van der Waals surface area contributed by atoms with E-state index in [-0.39, 0.29) is 18.3 Å². The number of nitrogens with two attached hydrogens (primary N) is 1. The first-order chi connectivity index (χ1) is 6.63. The van der Waals surface area contributed by atoms with Crippen molar-refractivity contribution >= 4 is 45.6 Å². The van der Waals surface area contributed by atoms with Crippen LogP contribution in [0.5, 0.6) is 0 Å². The van der Waals surface area contributed by atoms with Gasteiger partial charge in [0.15, 0.2) is 0 Å². The van der Waals surface area contributed by atoms with E-state index in [9.17, 15) is 4.79 Å². The van der Waals surface area contributed by atoms with Crippen LogP contribution in [-0.2, 0) is 11.3 Å². The Bertz CT molecular complexity index is 319. The minimum Gasteiger partial charge on any atom is -0.351 e. The Morgan fingerprint density at radius 2 is 2.40 bits per heavy atom. The second kappa shape index (κ2) is 7.22. The van der Waals surface area contributed by atoms with Crippen molar-refractivity contribution in [1.82, 2.24) is 5.32 Å². The minimum absolute atomic E-state index is 0. The molecule has 0 saturated carbocycles. The molecule has 0 aliphatic rings. The van der Waals surface area contributed by atoms with Crippen molar-refractivity contribution in [2.24, 2.45) is 5.73 Å². The first-order valence-electron chi connectivity index (χ1n) is 4.39. The molecule has 0 aliphatic carbocycles. The lowest BCUT2D eigenvalue weighted by Gasteiger charge is -2.08. The molecule has 1 aromatic rings. The number of hydrogen-bond acceptors (Lipinski definition) is 3. The predicted molar refractivity (Wildman–Crippen MR) is 69.4 cm³/mol. The Morgan fingerprint density at radius 1 is 1.73 bits per heavy atom. The van der Waals surface area contributed by atoms with Crippen LogP contribution in [0.15, 0.2) is 15.2 Å². The third kappa shape index (κ3) is 4.97. The summed E-state index contributed by atoms with van der Waals surface area (Å²) in [6, 6.07) is 1.60. The quantitative estimate of drug-likeness (QED) is 0.896. The van der Waals surface area contributed by atoms with Crippen LogP contribution in [0.25, 0.3) is 0 Å². The molecule has 0 unspecified atom stereocenters. The van der Waals surface area contributed by atoms with Gasteiger partial charge < -0.3 is 11.1 Å². The van der Waals surface area contributed by atoms with E-state index in [0.29, 0.717) is 13.0 Å². The van der Waals surface area contributed by atoms with Crippen LogP contribution in [0.3, 0.4) is 0 Å². The maximum Gasteiger partial charge on any atom is 0.237 e. The van der Waals surface area contributed by atoms with Gasteiger partial charge in [-0.3, -0.25) is 4.79 Å². The molecule has 86 valence electrons. The molecule has 1 amide bonds. The SMILES string of the molecule is CC[C@H](N)C(=O)NCc1csc(Br)c1.Cl. The van der Waals surface area contributed by atoms with Crippen molar-refractivity contribution in [3.63, 3.8) is 0 Å². The molecule has 0 bridgehead atoms. The molecular weight excluding hydrogens is 300 g/mol. The largest absolute Gasteiger partial charge is 0.351 e. The molecule has 0 aromatic carbocycles. The molecule has 0 fully saturated rings. The number of nitrogens with one attached hydrogen (secondary N) is 1. The lowest BCUT2D eigenvalue weighted by atomic mass is 10.2. The zero-order chi connectivity index (χ0) is 10.6. The maximum atomic E-state index is 11.3. The van der Waals surface area contributed by atoms with Gasteiger partial charge in [0.1, 0.15) is 0 Å². The second-order valence-corrected chi connectivity index (χ2v) is 5.28. The zero-order valence-electron chi connectivity index (χ0n) is 8.33. The van der Waals surface area contributed by atoms with E-state index in [4.69, 9.17) is 5.73 Å². The van der Waals surface area contributed by atoms with Crippen LogP contribution in [0.1, 0.15) is 18.9 Å². The smallest absolute Gasteiger partial charge is 0.237 e. The van der Waals surface area contributed by atoms with E-state index in [1.165, 1.54) is 0 Å². The summed E-state index contributed by atoms with van der Waals surface area (Å²) in [6.45, 7) is 2.44. The molecule has 1 aromatic heterocycles. The van der Waals surface area contributed by atoms with Crippen LogP contribution in [0.2, 0.25) is 0 Å². The molecule has 0 radical (unpaired) electrons. The highest BCUT2D eigenvalue weighted by Crippen LogP contribution is 2.20. The van der Waals surface area contributed by atoms with Crippen LogP contribution < -0.4 is 11.1 Å². The van der Waals surface area contributed by atoms with E-state index >= 15 is 0 Å². The zero-order valence-corrected chi connectivity index (χ0v) is 11.5. The number of amides is 1. The fourth-order valence-electron chi connectivity index (χ4n) is 0.944. The lowest BCUT2D eigenvalue weighted by Crippen LogP contribution is -2.39. The summed E-state index contributed by atoms with van der Waals surface area (Å²) in [5.41, 5.74) is 6.66. The van der Waals surface area contributed by atoms with Gasteiger partial charge in [-0.2, -0.15) is 0 Å². The van der Waals surface area contributed by atoms with Crippen molar-refractivity contribution < 1.29 is 4.79 Å². The van der Waals surface area contributed by atoms with E-state index < -0.39 is 6.04 Å². The van der Waals surface area contributed by atoms with Crippen molar-refractivity contribution in [3.05, 3.63) is 20.8 Å². The molecular formula is C9H14BrClN2OS. The fraction of sp³-hybridized carbons (Fsp3) is 0.444. The van der Waals surface area contributed by atoms with E-state index in [2.05, 4.69) is 21.2 Å². The van der Waals surface area contributed by atoms with Gasteiger partial charge in [-0.15, -0.1) is 23.7 Å². The molecule has 3 N–H and O–H groups in total. The normalized spacial score (nSPS) is 11.7. The molecule has 15 heavy (non-hydrogen) atoms. The van der Waals surface area contributed by atoms with E-state index in [1.54, 1.807) is 11.3 Å². The van der Waals surface area contributed by atoms with Gasteiger partial charge in [0.05, 0.1) is 9.83 Å². The van der Waals surface area contributed by atoms with Crippen molar-refractivity contribution in [2.75, 3.05) is 0 Å². The summed E-state index contributed by atoms with van der Waals surface area (Å²) >= 11 is 4.97. The van der Waals surface area contributed by atoms with Gasteiger partial charge in [-0.1, -0.05) is 6.92 Å². The Labute approximate surface area is 108 Å². The Hall–Kier alpha value is -0.100. The Balaban J connectivity index is 0.00000196. The van der Waals surface area contributed by atoms with E-state index in [0.717, 1.165) is 9.35 Å². The highest BCUT2D eigenvalue weighted by Gasteiger charge is 2.09. The Morgan fingerprint density at radius 3 is 2.87 bits per heavy atom. The molecule has 0 spiro atoms. The molecule has 0 saturated heterocycles. The van der Waals surface area contributed by atoms with Crippen LogP contribution in [-0.4, -0.2) is 11.9 Å². The van der Waals surface area contributed by atoms with Crippen molar-refractivity contribution in [3.8, 4) is 0 Å². The summed E-state index contributed by atoms with van der Waals surface area (Å²) in [5, 5.41) is 4.79. The third-order valence-electron chi connectivity index (χ3n) is 1.87. The van der Waals surface area contributed by atoms with Gasteiger partial charge in [-0.05, 0) is 39.4 Å². The molecule has 3 nitrogen and oxygen atoms in total. The Kier molecular flexibility index (Phi) is 7.17. The number of carbonyl (C=O) groups is 1. The first-order valence-corrected chi connectivity index (χ1v) is 6.07. The fourth-order valence-corrected chi connectivity index (χ4v) is 2.15. The van der Waals surface area contributed by atoms with Crippen LogP contribution in [0.4, 0.5) is 0 Å². The highest BCUT2D eigenvalue weighted by molar-refractivity contribution is 9.11. The van der Waals surface area contributed by atoms with Gasteiger partial charge >= 0.3 is 0 Å². The molecule has 1 atom stereocenters. The summed E-state index contributed by atoms with van der Waals surface area (Å²) in [4.78, 5) is 11.3. The number of hydrogen-bond donors (Lipinski definition) is 2.